The molecular formula is C10H5BrF3NO2. The molecule has 0 aromatic heterocycles. The molecule has 90 valence electrons. The highest BCUT2D eigenvalue weighted by Crippen LogP contribution is 2.38. The minimum atomic E-state index is -4.88. The molecule has 7 heteroatoms. The fraction of sp³-hybridized carbons (Fsp3) is 0.200. The average Bonchev–Trinajstić information content (AvgIpc) is 2.26. The van der Waals surface area contributed by atoms with E-state index in [1.807, 2.05) is 0 Å². The summed E-state index contributed by atoms with van der Waals surface area (Å²) < 4.78 is 38.2. The summed E-state index contributed by atoms with van der Waals surface area (Å²) >= 11 is 2.76. The number of aromatic hydroxyl groups is 1. The van der Waals surface area contributed by atoms with E-state index in [9.17, 15) is 23.1 Å². The Labute approximate surface area is 103 Å². The predicted molar refractivity (Wildman–Crippen MR) is 55.9 cm³/mol. The number of ketones is 1. The molecule has 0 bridgehead atoms. The SMILES string of the molecule is N#Cc1c(O)ccc(C(=O)CBr)c1C(F)(F)F. The molecule has 0 radical (unpaired) electrons. The van der Waals surface area contributed by atoms with Gasteiger partial charge in [-0.3, -0.25) is 4.79 Å². The summed E-state index contributed by atoms with van der Waals surface area (Å²) in [6.45, 7) is 0. The third kappa shape index (κ3) is 2.58. The van der Waals surface area contributed by atoms with Crippen molar-refractivity contribution < 1.29 is 23.1 Å². The zero-order valence-corrected chi connectivity index (χ0v) is 9.76. The van der Waals surface area contributed by atoms with Gasteiger partial charge in [-0.15, -0.1) is 0 Å². The Morgan fingerprint density at radius 3 is 2.47 bits per heavy atom. The molecule has 0 aliphatic heterocycles. The predicted octanol–water partition coefficient (Wildman–Crippen LogP) is 2.86. The van der Waals surface area contributed by atoms with Crippen molar-refractivity contribution >= 4 is 21.7 Å². The second-order valence-corrected chi connectivity index (χ2v) is 3.61. The van der Waals surface area contributed by atoms with Crippen LogP contribution in [-0.2, 0) is 6.18 Å². The number of rotatable bonds is 2. The summed E-state index contributed by atoms with van der Waals surface area (Å²) in [6, 6.07) is 2.99. The molecule has 0 unspecified atom stereocenters. The van der Waals surface area contributed by atoms with E-state index in [0.717, 1.165) is 12.1 Å². The van der Waals surface area contributed by atoms with Crippen LogP contribution in [0.3, 0.4) is 0 Å². The zero-order valence-electron chi connectivity index (χ0n) is 8.18. The number of benzene rings is 1. The molecule has 0 saturated carbocycles. The second-order valence-electron chi connectivity index (χ2n) is 3.05. The van der Waals surface area contributed by atoms with Crippen LogP contribution < -0.4 is 0 Å². The molecule has 0 atom stereocenters. The van der Waals surface area contributed by atoms with E-state index in [0.29, 0.717) is 0 Å². The first-order chi connectivity index (χ1) is 7.82. The zero-order chi connectivity index (χ0) is 13.2. The monoisotopic (exact) mass is 307 g/mol. The smallest absolute Gasteiger partial charge is 0.418 e. The molecule has 0 fully saturated rings. The summed E-state index contributed by atoms with van der Waals surface area (Å²) in [5.41, 5.74) is -2.97. The number of alkyl halides is 4. The summed E-state index contributed by atoms with van der Waals surface area (Å²) in [6.07, 6.45) is -4.88. The lowest BCUT2D eigenvalue weighted by atomic mass is 9.98. The molecule has 1 N–H and O–H groups in total. The van der Waals surface area contributed by atoms with E-state index in [4.69, 9.17) is 5.26 Å². The van der Waals surface area contributed by atoms with Gasteiger partial charge in [-0.05, 0) is 12.1 Å². The minimum absolute atomic E-state index is 0.300. The van der Waals surface area contributed by atoms with Gasteiger partial charge in [0.25, 0.3) is 0 Å². The van der Waals surface area contributed by atoms with Crippen LogP contribution in [0.1, 0.15) is 21.5 Å². The van der Waals surface area contributed by atoms with Gasteiger partial charge in [0.2, 0.25) is 0 Å². The molecule has 0 saturated heterocycles. The van der Waals surface area contributed by atoms with E-state index < -0.39 is 34.4 Å². The molecule has 1 rings (SSSR count). The van der Waals surface area contributed by atoms with Crippen LogP contribution in [-0.4, -0.2) is 16.2 Å². The molecule has 3 nitrogen and oxygen atoms in total. The molecular weight excluding hydrogens is 303 g/mol. The highest BCUT2D eigenvalue weighted by Gasteiger charge is 2.39. The number of nitriles is 1. The maximum atomic E-state index is 12.7. The van der Waals surface area contributed by atoms with Gasteiger partial charge in [0, 0.05) is 5.56 Å². The number of phenols is 1. The van der Waals surface area contributed by atoms with Gasteiger partial charge in [0.15, 0.2) is 5.78 Å². The number of Topliss-reactive ketones (excluding diaryl/α,β-unsaturated/α-hetero) is 1. The standard InChI is InChI=1S/C10H5BrF3NO2/c11-3-8(17)5-1-2-7(16)6(4-15)9(5)10(12,13)14/h1-2,16H,3H2. The van der Waals surface area contributed by atoms with E-state index in [1.54, 1.807) is 0 Å². The van der Waals surface area contributed by atoms with Crippen LogP contribution in [0, 0.1) is 11.3 Å². The summed E-state index contributed by atoms with van der Waals surface area (Å²) in [4.78, 5) is 11.3. The van der Waals surface area contributed by atoms with Crippen LogP contribution in [0.15, 0.2) is 12.1 Å². The highest BCUT2D eigenvalue weighted by atomic mass is 79.9. The Kier molecular flexibility index (Phi) is 3.78. The fourth-order valence-electron chi connectivity index (χ4n) is 1.30. The van der Waals surface area contributed by atoms with E-state index in [-0.39, 0.29) is 5.33 Å². The van der Waals surface area contributed by atoms with Crippen molar-refractivity contribution in [3.63, 3.8) is 0 Å². The number of hydrogen-bond acceptors (Lipinski definition) is 3. The van der Waals surface area contributed by atoms with Gasteiger partial charge >= 0.3 is 6.18 Å². The molecule has 0 amide bonds. The normalized spacial score (nSPS) is 11.0. The van der Waals surface area contributed by atoms with E-state index in [1.165, 1.54) is 6.07 Å². The fourth-order valence-corrected chi connectivity index (χ4v) is 1.61. The third-order valence-electron chi connectivity index (χ3n) is 2.00. The maximum Gasteiger partial charge on any atom is 0.418 e. The summed E-state index contributed by atoms with van der Waals surface area (Å²) in [7, 11) is 0. The number of carbonyl (C=O) groups is 1. The number of phenolic OH excluding ortho intramolecular Hbond substituents is 1. The van der Waals surface area contributed by atoms with Crippen molar-refractivity contribution in [3.05, 3.63) is 28.8 Å². The van der Waals surface area contributed by atoms with Gasteiger partial charge in [0.05, 0.1) is 10.9 Å². The van der Waals surface area contributed by atoms with Gasteiger partial charge < -0.3 is 5.11 Å². The van der Waals surface area contributed by atoms with E-state index in [2.05, 4.69) is 15.9 Å². The second kappa shape index (κ2) is 4.75. The highest BCUT2D eigenvalue weighted by molar-refractivity contribution is 9.09. The quantitative estimate of drug-likeness (QED) is 0.675. The van der Waals surface area contributed by atoms with Crippen LogP contribution in [0.4, 0.5) is 13.2 Å². The van der Waals surface area contributed by atoms with Crippen molar-refractivity contribution in [2.75, 3.05) is 5.33 Å². The molecule has 0 aliphatic rings. The number of nitrogens with zero attached hydrogens (tertiary/aromatic N) is 1. The van der Waals surface area contributed by atoms with Gasteiger partial charge in [-0.25, -0.2) is 0 Å². The van der Waals surface area contributed by atoms with Crippen molar-refractivity contribution in [1.82, 2.24) is 0 Å². The van der Waals surface area contributed by atoms with Gasteiger partial charge in [0.1, 0.15) is 17.4 Å². The molecule has 1 aromatic rings. The van der Waals surface area contributed by atoms with Crippen LogP contribution in [0.2, 0.25) is 0 Å². The summed E-state index contributed by atoms with van der Waals surface area (Å²) in [5, 5.41) is 17.5. The van der Waals surface area contributed by atoms with Crippen LogP contribution >= 0.6 is 15.9 Å². The third-order valence-corrected chi connectivity index (χ3v) is 2.51. The first-order valence-electron chi connectivity index (χ1n) is 4.25. The lowest BCUT2D eigenvalue weighted by molar-refractivity contribution is -0.138. The topological polar surface area (TPSA) is 61.1 Å². The number of hydrogen-bond donors (Lipinski definition) is 1. The molecule has 1 aromatic carbocycles. The van der Waals surface area contributed by atoms with Gasteiger partial charge in [-0.2, -0.15) is 18.4 Å². The largest absolute Gasteiger partial charge is 0.507 e. The molecule has 0 heterocycles. The van der Waals surface area contributed by atoms with Crippen molar-refractivity contribution in [2.24, 2.45) is 0 Å². The Bertz CT molecular complexity index is 505. The molecule has 0 aliphatic carbocycles. The Morgan fingerprint density at radius 2 is 2.06 bits per heavy atom. The lowest BCUT2D eigenvalue weighted by Gasteiger charge is -2.13. The Hall–Kier alpha value is -1.55. The van der Waals surface area contributed by atoms with Crippen molar-refractivity contribution in [1.29, 1.82) is 5.26 Å². The van der Waals surface area contributed by atoms with E-state index >= 15 is 0 Å². The molecule has 0 spiro atoms. The summed E-state index contributed by atoms with van der Waals surface area (Å²) in [5.74, 6) is -1.61. The minimum Gasteiger partial charge on any atom is -0.507 e. The van der Waals surface area contributed by atoms with Gasteiger partial charge in [-0.1, -0.05) is 15.9 Å². The lowest BCUT2D eigenvalue weighted by Crippen LogP contribution is -2.16. The Balaban J connectivity index is 3.65. The first kappa shape index (κ1) is 13.5. The molecule has 17 heavy (non-hydrogen) atoms. The average molecular weight is 308 g/mol. The first-order valence-corrected chi connectivity index (χ1v) is 5.37. The van der Waals surface area contributed by atoms with Crippen molar-refractivity contribution in [2.45, 2.75) is 6.18 Å². The van der Waals surface area contributed by atoms with Crippen LogP contribution in [0.5, 0.6) is 5.75 Å². The van der Waals surface area contributed by atoms with Crippen molar-refractivity contribution in [3.8, 4) is 11.8 Å². The maximum absolute atomic E-state index is 12.7. The number of carbonyl (C=O) groups excluding carboxylic acids is 1. The Morgan fingerprint density at radius 1 is 1.47 bits per heavy atom. The number of halogens is 4. The van der Waals surface area contributed by atoms with Crippen LogP contribution in [0.25, 0.3) is 0 Å².